The number of amides is 1. The van der Waals surface area contributed by atoms with E-state index >= 15 is 0 Å². The molecular weight excluding hydrogens is 354 g/mol. The lowest BCUT2D eigenvalue weighted by Gasteiger charge is -2.35. The standard InChI is InChI=1S/C18H25N3O6/c1-4-27-18(23)13-6-5-9-20(11-13)12(2)17(22)19-15-10-14(21(24)25)7-8-16(15)26-3/h7-8,10,12-13H,4-6,9,11H2,1-3H3,(H,19,22)/t12-,13+/m0/s1. The summed E-state index contributed by atoms with van der Waals surface area (Å²) in [5.41, 5.74) is 0.0987. The lowest BCUT2D eigenvalue weighted by atomic mass is 9.97. The van der Waals surface area contributed by atoms with Crippen LogP contribution < -0.4 is 10.1 Å². The Kier molecular flexibility index (Phi) is 7.12. The van der Waals surface area contributed by atoms with E-state index in [0.717, 1.165) is 12.8 Å². The first-order chi connectivity index (χ1) is 12.9. The summed E-state index contributed by atoms with van der Waals surface area (Å²) in [7, 11) is 1.43. The van der Waals surface area contributed by atoms with Gasteiger partial charge in [-0.2, -0.15) is 0 Å². The molecule has 1 aromatic carbocycles. The summed E-state index contributed by atoms with van der Waals surface area (Å²) in [5, 5.41) is 13.7. The maximum absolute atomic E-state index is 12.7. The average Bonchev–Trinajstić information content (AvgIpc) is 2.67. The van der Waals surface area contributed by atoms with Gasteiger partial charge < -0.3 is 14.8 Å². The van der Waals surface area contributed by atoms with Crippen LogP contribution in [-0.2, 0) is 14.3 Å². The molecule has 0 spiro atoms. The number of carbonyl (C=O) groups excluding carboxylic acids is 2. The van der Waals surface area contributed by atoms with Gasteiger partial charge in [0.1, 0.15) is 5.75 Å². The zero-order valence-corrected chi connectivity index (χ0v) is 15.8. The first-order valence-electron chi connectivity index (χ1n) is 8.91. The quantitative estimate of drug-likeness (QED) is 0.439. The van der Waals surface area contributed by atoms with E-state index in [1.165, 1.54) is 25.3 Å². The Balaban J connectivity index is 2.08. The molecule has 1 amide bonds. The number of benzene rings is 1. The van der Waals surface area contributed by atoms with E-state index < -0.39 is 11.0 Å². The summed E-state index contributed by atoms with van der Waals surface area (Å²) < 4.78 is 10.3. The van der Waals surface area contributed by atoms with Gasteiger partial charge in [-0.1, -0.05) is 0 Å². The number of nitrogens with one attached hydrogen (secondary N) is 1. The van der Waals surface area contributed by atoms with E-state index in [2.05, 4.69) is 5.32 Å². The van der Waals surface area contributed by atoms with E-state index in [9.17, 15) is 19.7 Å². The summed E-state index contributed by atoms with van der Waals surface area (Å²) >= 11 is 0. The highest BCUT2D eigenvalue weighted by molar-refractivity contribution is 5.96. The molecule has 1 heterocycles. The minimum atomic E-state index is -0.535. The van der Waals surface area contributed by atoms with Crippen molar-refractivity contribution in [2.75, 3.05) is 32.1 Å². The van der Waals surface area contributed by atoms with Gasteiger partial charge in [0.2, 0.25) is 5.91 Å². The van der Waals surface area contributed by atoms with Crippen molar-refractivity contribution < 1.29 is 24.0 Å². The van der Waals surface area contributed by atoms with E-state index in [1.54, 1.807) is 13.8 Å². The van der Waals surface area contributed by atoms with Gasteiger partial charge in [0.25, 0.3) is 5.69 Å². The number of nitro benzene ring substituents is 1. The molecule has 1 N–H and O–H groups in total. The lowest BCUT2D eigenvalue weighted by Crippen LogP contribution is -2.48. The molecule has 0 bridgehead atoms. The number of nitro groups is 1. The first kappa shape index (κ1) is 20.6. The molecule has 148 valence electrons. The fraction of sp³-hybridized carbons (Fsp3) is 0.556. The van der Waals surface area contributed by atoms with Crippen LogP contribution in [0.25, 0.3) is 0 Å². The smallest absolute Gasteiger partial charge is 0.310 e. The van der Waals surface area contributed by atoms with Crippen molar-refractivity contribution >= 4 is 23.3 Å². The van der Waals surface area contributed by atoms with Crippen molar-refractivity contribution in [1.29, 1.82) is 0 Å². The van der Waals surface area contributed by atoms with Crippen LogP contribution in [0.4, 0.5) is 11.4 Å². The third kappa shape index (κ3) is 5.16. The van der Waals surface area contributed by atoms with Gasteiger partial charge in [-0.3, -0.25) is 24.6 Å². The van der Waals surface area contributed by atoms with Gasteiger partial charge in [-0.05, 0) is 39.3 Å². The van der Waals surface area contributed by atoms with Crippen LogP contribution in [0.1, 0.15) is 26.7 Å². The number of ether oxygens (including phenoxy) is 2. The van der Waals surface area contributed by atoms with Crippen molar-refractivity contribution in [1.82, 2.24) is 4.90 Å². The number of non-ortho nitro benzene ring substituents is 1. The van der Waals surface area contributed by atoms with Gasteiger partial charge in [0, 0.05) is 18.7 Å². The third-order valence-electron chi connectivity index (χ3n) is 4.65. The maximum atomic E-state index is 12.7. The van der Waals surface area contributed by atoms with Crippen molar-refractivity contribution in [2.45, 2.75) is 32.7 Å². The Labute approximate surface area is 157 Å². The molecule has 0 aromatic heterocycles. The maximum Gasteiger partial charge on any atom is 0.310 e. The Morgan fingerprint density at radius 2 is 2.19 bits per heavy atom. The summed E-state index contributed by atoms with van der Waals surface area (Å²) in [6.07, 6.45) is 1.53. The molecule has 2 atom stereocenters. The minimum Gasteiger partial charge on any atom is -0.495 e. The van der Waals surface area contributed by atoms with Crippen LogP contribution in [0.2, 0.25) is 0 Å². The van der Waals surface area contributed by atoms with Gasteiger partial charge in [0.15, 0.2) is 0 Å². The lowest BCUT2D eigenvalue weighted by molar-refractivity contribution is -0.384. The molecule has 1 saturated heterocycles. The SMILES string of the molecule is CCOC(=O)[C@@H]1CCCN([C@@H](C)C(=O)Nc2cc([N+](=O)[O-])ccc2OC)C1. The second-order valence-electron chi connectivity index (χ2n) is 6.39. The Morgan fingerprint density at radius 3 is 2.81 bits per heavy atom. The summed E-state index contributed by atoms with van der Waals surface area (Å²) in [5.74, 6) is -0.473. The Morgan fingerprint density at radius 1 is 1.44 bits per heavy atom. The number of esters is 1. The molecule has 0 aliphatic carbocycles. The highest BCUT2D eigenvalue weighted by Crippen LogP contribution is 2.29. The highest BCUT2D eigenvalue weighted by Gasteiger charge is 2.32. The van der Waals surface area contributed by atoms with Crippen LogP contribution >= 0.6 is 0 Å². The predicted molar refractivity (Wildman–Crippen MR) is 98.7 cm³/mol. The molecule has 9 nitrogen and oxygen atoms in total. The number of carbonyl (C=O) groups is 2. The van der Waals surface area contributed by atoms with E-state index in [0.29, 0.717) is 25.4 Å². The molecule has 0 saturated carbocycles. The number of methoxy groups -OCH3 is 1. The molecule has 1 fully saturated rings. The number of piperidine rings is 1. The number of anilines is 1. The molecule has 0 radical (unpaired) electrons. The molecule has 9 heteroatoms. The van der Waals surface area contributed by atoms with Crippen LogP contribution in [0.3, 0.4) is 0 Å². The topological polar surface area (TPSA) is 111 Å². The summed E-state index contributed by atoms with van der Waals surface area (Å²) in [4.78, 5) is 37.0. The van der Waals surface area contributed by atoms with E-state index in [1.807, 2.05) is 4.90 Å². The number of likely N-dealkylation sites (tertiary alicyclic amines) is 1. The van der Waals surface area contributed by atoms with E-state index in [4.69, 9.17) is 9.47 Å². The zero-order chi connectivity index (χ0) is 20.0. The summed E-state index contributed by atoms with van der Waals surface area (Å²) in [6.45, 7) is 4.97. The number of hydrogen-bond donors (Lipinski definition) is 1. The van der Waals surface area contributed by atoms with Crippen LogP contribution in [0.5, 0.6) is 5.75 Å². The van der Waals surface area contributed by atoms with Crippen molar-refractivity contribution in [2.24, 2.45) is 5.92 Å². The monoisotopic (exact) mass is 379 g/mol. The largest absolute Gasteiger partial charge is 0.495 e. The molecule has 27 heavy (non-hydrogen) atoms. The van der Waals surface area contributed by atoms with Gasteiger partial charge in [0.05, 0.1) is 36.3 Å². The Hall–Kier alpha value is -2.68. The molecule has 2 rings (SSSR count). The molecule has 1 aliphatic heterocycles. The minimum absolute atomic E-state index is 0.140. The second-order valence-corrected chi connectivity index (χ2v) is 6.39. The molecule has 0 unspecified atom stereocenters. The van der Waals surface area contributed by atoms with Crippen LogP contribution in [-0.4, -0.2) is 54.5 Å². The fourth-order valence-corrected chi connectivity index (χ4v) is 3.12. The third-order valence-corrected chi connectivity index (χ3v) is 4.65. The highest BCUT2D eigenvalue weighted by atomic mass is 16.6. The molecule has 1 aromatic rings. The number of rotatable bonds is 7. The van der Waals surface area contributed by atoms with Crippen LogP contribution in [0, 0.1) is 16.0 Å². The van der Waals surface area contributed by atoms with Gasteiger partial charge >= 0.3 is 5.97 Å². The van der Waals surface area contributed by atoms with Gasteiger partial charge in [-0.25, -0.2) is 0 Å². The van der Waals surface area contributed by atoms with Crippen molar-refractivity contribution in [3.05, 3.63) is 28.3 Å². The normalized spacial score (nSPS) is 18.4. The summed E-state index contributed by atoms with van der Waals surface area (Å²) in [6, 6.07) is 3.51. The second kappa shape index (κ2) is 9.31. The number of nitrogens with zero attached hydrogens (tertiary/aromatic N) is 2. The number of hydrogen-bond acceptors (Lipinski definition) is 7. The average molecular weight is 379 g/mol. The zero-order valence-electron chi connectivity index (χ0n) is 15.8. The predicted octanol–water partition coefficient (Wildman–Crippen LogP) is 2.21. The van der Waals surface area contributed by atoms with Crippen LogP contribution in [0.15, 0.2) is 18.2 Å². The van der Waals surface area contributed by atoms with E-state index in [-0.39, 0.29) is 29.2 Å². The molecule has 1 aliphatic rings. The van der Waals surface area contributed by atoms with Gasteiger partial charge in [-0.15, -0.1) is 0 Å². The van der Waals surface area contributed by atoms with Crippen molar-refractivity contribution in [3.63, 3.8) is 0 Å². The van der Waals surface area contributed by atoms with Crippen molar-refractivity contribution in [3.8, 4) is 5.75 Å². The molecular formula is C18H25N3O6. The fourth-order valence-electron chi connectivity index (χ4n) is 3.12. The Bertz CT molecular complexity index is 708. The first-order valence-corrected chi connectivity index (χ1v) is 8.91.